The second-order valence-electron chi connectivity index (χ2n) is 6.86. The van der Waals surface area contributed by atoms with Gasteiger partial charge in [0.05, 0.1) is 11.3 Å². The van der Waals surface area contributed by atoms with E-state index in [9.17, 15) is 9.59 Å². The van der Waals surface area contributed by atoms with Crippen molar-refractivity contribution in [2.75, 3.05) is 31.5 Å². The van der Waals surface area contributed by atoms with Gasteiger partial charge in [-0.15, -0.1) is 0 Å². The zero-order valence-electron chi connectivity index (χ0n) is 15.5. The smallest absolute Gasteiger partial charge is 0.253 e. The Morgan fingerprint density at radius 1 is 1.12 bits per heavy atom. The summed E-state index contributed by atoms with van der Waals surface area (Å²) in [5.74, 6) is -0.249. The molecule has 5 heteroatoms. The Bertz CT molecular complexity index is 566. The Balaban J connectivity index is 1.89. The van der Waals surface area contributed by atoms with Crippen molar-refractivity contribution >= 4 is 17.5 Å². The number of amides is 2. The molecule has 1 heterocycles. The average molecular weight is 345 g/mol. The molecular weight excluding hydrogens is 314 g/mol. The number of hydrogen-bond acceptors (Lipinski definition) is 3. The number of carbonyl (C=O) groups excluding carboxylic acids is 2. The minimum atomic E-state index is -0.130. The Kier molecular flexibility index (Phi) is 7.92. The van der Waals surface area contributed by atoms with Gasteiger partial charge in [-0.2, -0.15) is 0 Å². The van der Waals surface area contributed by atoms with Crippen LogP contribution in [0.15, 0.2) is 24.3 Å². The molecule has 0 aliphatic carbocycles. The van der Waals surface area contributed by atoms with Crippen LogP contribution in [0.1, 0.15) is 56.3 Å². The zero-order chi connectivity index (χ0) is 18.1. The molecule has 1 unspecified atom stereocenters. The molecule has 1 aliphatic rings. The largest absolute Gasteiger partial charge is 0.351 e. The Morgan fingerprint density at radius 2 is 1.80 bits per heavy atom. The van der Waals surface area contributed by atoms with Gasteiger partial charge in [0.25, 0.3) is 5.91 Å². The summed E-state index contributed by atoms with van der Waals surface area (Å²) in [5, 5.41) is 5.87. The molecule has 1 atom stereocenters. The van der Waals surface area contributed by atoms with Gasteiger partial charge < -0.3 is 15.5 Å². The van der Waals surface area contributed by atoms with Crippen LogP contribution in [0.4, 0.5) is 5.69 Å². The van der Waals surface area contributed by atoms with Crippen molar-refractivity contribution in [3.63, 3.8) is 0 Å². The standard InChI is InChI=1S/C20H31N3O2/c1-3-16(2)19(24)22-18-11-7-6-10-17(18)20(25)21-12-15-23-13-8-4-5-9-14-23/h6-7,10-11,16H,3-5,8-9,12-15H2,1-2H3,(H,21,25)(H,22,24). The van der Waals surface area contributed by atoms with Gasteiger partial charge in [-0.1, -0.05) is 38.8 Å². The minimum absolute atomic E-state index is 0.0488. The quantitative estimate of drug-likeness (QED) is 0.797. The van der Waals surface area contributed by atoms with Crippen molar-refractivity contribution in [2.45, 2.75) is 46.0 Å². The van der Waals surface area contributed by atoms with Crippen LogP contribution in [-0.4, -0.2) is 42.9 Å². The van der Waals surface area contributed by atoms with Crippen molar-refractivity contribution in [2.24, 2.45) is 5.92 Å². The first-order valence-electron chi connectivity index (χ1n) is 9.52. The van der Waals surface area contributed by atoms with E-state index in [2.05, 4.69) is 15.5 Å². The van der Waals surface area contributed by atoms with Crippen molar-refractivity contribution in [1.29, 1.82) is 0 Å². The van der Waals surface area contributed by atoms with Crippen LogP contribution in [0, 0.1) is 5.92 Å². The Hall–Kier alpha value is -1.88. The van der Waals surface area contributed by atoms with Gasteiger partial charge in [0.15, 0.2) is 0 Å². The van der Waals surface area contributed by atoms with Gasteiger partial charge in [0, 0.05) is 19.0 Å². The number of likely N-dealkylation sites (tertiary alicyclic amines) is 1. The minimum Gasteiger partial charge on any atom is -0.351 e. The van der Waals surface area contributed by atoms with Gasteiger partial charge in [-0.25, -0.2) is 0 Å². The van der Waals surface area contributed by atoms with Crippen LogP contribution < -0.4 is 10.6 Å². The summed E-state index contributed by atoms with van der Waals surface area (Å²) in [7, 11) is 0. The molecule has 2 amide bonds. The molecular formula is C20H31N3O2. The molecule has 1 fully saturated rings. The third-order valence-corrected chi connectivity index (χ3v) is 4.90. The van der Waals surface area contributed by atoms with Crippen LogP contribution in [0.25, 0.3) is 0 Å². The molecule has 2 N–H and O–H groups in total. The molecule has 0 aromatic heterocycles. The number of nitrogens with zero attached hydrogens (tertiary/aromatic N) is 1. The molecule has 1 aromatic carbocycles. The Morgan fingerprint density at radius 3 is 2.48 bits per heavy atom. The maximum atomic E-state index is 12.5. The summed E-state index contributed by atoms with van der Waals surface area (Å²) < 4.78 is 0. The number of carbonyl (C=O) groups is 2. The summed E-state index contributed by atoms with van der Waals surface area (Å²) >= 11 is 0. The van der Waals surface area contributed by atoms with Crippen molar-refractivity contribution in [1.82, 2.24) is 10.2 Å². The highest BCUT2D eigenvalue weighted by Crippen LogP contribution is 2.17. The lowest BCUT2D eigenvalue weighted by Gasteiger charge is -2.20. The normalized spacial score (nSPS) is 16.7. The van der Waals surface area contributed by atoms with Crippen molar-refractivity contribution in [3.05, 3.63) is 29.8 Å². The van der Waals surface area contributed by atoms with Gasteiger partial charge in [0.2, 0.25) is 5.91 Å². The molecule has 1 aliphatic heterocycles. The number of anilines is 1. The van der Waals surface area contributed by atoms with E-state index in [1.807, 2.05) is 26.0 Å². The highest BCUT2D eigenvalue weighted by molar-refractivity contribution is 6.04. The lowest BCUT2D eigenvalue weighted by molar-refractivity contribution is -0.119. The van der Waals surface area contributed by atoms with Gasteiger partial charge in [0.1, 0.15) is 0 Å². The Labute approximate surface area is 151 Å². The topological polar surface area (TPSA) is 61.4 Å². The molecule has 5 nitrogen and oxygen atoms in total. The highest BCUT2D eigenvalue weighted by atomic mass is 16.2. The molecule has 0 bridgehead atoms. The van der Waals surface area contributed by atoms with Gasteiger partial charge >= 0.3 is 0 Å². The molecule has 1 aromatic rings. The predicted molar refractivity (Wildman–Crippen MR) is 102 cm³/mol. The molecule has 0 saturated carbocycles. The number of rotatable bonds is 7. The third kappa shape index (κ3) is 6.16. The predicted octanol–water partition coefficient (Wildman–Crippen LogP) is 3.28. The first-order chi connectivity index (χ1) is 12.1. The molecule has 25 heavy (non-hydrogen) atoms. The van der Waals surface area contributed by atoms with Crippen LogP contribution >= 0.6 is 0 Å². The molecule has 138 valence electrons. The summed E-state index contributed by atoms with van der Waals surface area (Å²) in [6, 6.07) is 7.19. The molecule has 0 radical (unpaired) electrons. The lowest BCUT2D eigenvalue weighted by atomic mass is 10.1. The first-order valence-corrected chi connectivity index (χ1v) is 9.52. The fraction of sp³-hybridized carbons (Fsp3) is 0.600. The van der Waals surface area contributed by atoms with E-state index in [0.29, 0.717) is 17.8 Å². The summed E-state index contributed by atoms with van der Waals surface area (Å²) in [6.07, 6.45) is 5.89. The number of benzene rings is 1. The van der Waals surface area contributed by atoms with E-state index in [-0.39, 0.29) is 17.7 Å². The van der Waals surface area contributed by atoms with Crippen molar-refractivity contribution < 1.29 is 9.59 Å². The van der Waals surface area contributed by atoms with E-state index in [1.165, 1.54) is 25.7 Å². The monoisotopic (exact) mass is 345 g/mol. The van der Waals surface area contributed by atoms with Crippen LogP contribution in [-0.2, 0) is 4.79 Å². The lowest BCUT2D eigenvalue weighted by Crippen LogP contribution is -2.35. The van der Waals surface area contributed by atoms with Crippen LogP contribution in [0.3, 0.4) is 0 Å². The summed E-state index contributed by atoms with van der Waals surface area (Å²) in [4.78, 5) is 27.1. The third-order valence-electron chi connectivity index (χ3n) is 4.90. The van der Waals surface area contributed by atoms with Crippen LogP contribution in [0.2, 0.25) is 0 Å². The van der Waals surface area contributed by atoms with Crippen LogP contribution in [0.5, 0.6) is 0 Å². The molecule has 2 rings (SSSR count). The average Bonchev–Trinajstić information content (AvgIpc) is 2.90. The second-order valence-corrected chi connectivity index (χ2v) is 6.86. The number of para-hydroxylation sites is 1. The second kappa shape index (κ2) is 10.2. The molecule has 0 spiro atoms. The van der Waals surface area contributed by atoms with E-state index in [1.54, 1.807) is 12.1 Å². The zero-order valence-corrected chi connectivity index (χ0v) is 15.5. The highest BCUT2D eigenvalue weighted by Gasteiger charge is 2.16. The number of nitrogens with one attached hydrogen (secondary N) is 2. The maximum absolute atomic E-state index is 12.5. The first kappa shape index (κ1) is 19.4. The van der Waals surface area contributed by atoms with E-state index in [4.69, 9.17) is 0 Å². The molecule has 1 saturated heterocycles. The maximum Gasteiger partial charge on any atom is 0.253 e. The van der Waals surface area contributed by atoms with Gasteiger partial charge in [-0.3, -0.25) is 9.59 Å². The summed E-state index contributed by atoms with van der Waals surface area (Å²) in [6.45, 7) is 7.62. The SMILES string of the molecule is CCC(C)C(=O)Nc1ccccc1C(=O)NCCN1CCCCCC1. The van der Waals surface area contributed by atoms with E-state index < -0.39 is 0 Å². The summed E-state index contributed by atoms with van der Waals surface area (Å²) in [5.41, 5.74) is 1.11. The fourth-order valence-corrected chi connectivity index (χ4v) is 3.01. The van der Waals surface area contributed by atoms with Gasteiger partial charge in [-0.05, 0) is 44.5 Å². The number of hydrogen-bond donors (Lipinski definition) is 2. The van der Waals surface area contributed by atoms with E-state index in [0.717, 1.165) is 26.1 Å². The van der Waals surface area contributed by atoms with E-state index >= 15 is 0 Å². The van der Waals surface area contributed by atoms with Crippen molar-refractivity contribution in [3.8, 4) is 0 Å². The fourth-order valence-electron chi connectivity index (χ4n) is 3.01.